The highest BCUT2D eigenvalue weighted by atomic mass is 32.2. The summed E-state index contributed by atoms with van der Waals surface area (Å²) < 4.78 is 5.52. The average molecular weight is 281 g/mol. The van der Waals surface area contributed by atoms with E-state index in [2.05, 4.69) is 11.6 Å². The first-order valence-corrected chi connectivity index (χ1v) is 8.04. The van der Waals surface area contributed by atoms with Crippen LogP contribution in [0.1, 0.15) is 31.2 Å². The van der Waals surface area contributed by atoms with Crippen molar-refractivity contribution in [3.63, 3.8) is 0 Å². The van der Waals surface area contributed by atoms with Gasteiger partial charge in [0, 0.05) is 23.4 Å². The lowest BCUT2D eigenvalue weighted by atomic mass is 10.1. The van der Waals surface area contributed by atoms with Gasteiger partial charge in [-0.2, -0.15) is 11.8 Å². The summed E-state index contributed by atoms with van der Waals surface area (Å²) in [4.78, 5) is 0. The molecule has 1 aromatic rings. The van der Waals surface area contributed by atoms with E-state index in [9.17, 15) is 5.11 Å². The molecule has 0 aliphatic heterocycles. The molecule has 1 aliphatic rings. The summed E-state index contributed by atoms with van der Waals surface area (Å²) in [7, 11) is 1.58. The zero-order valence-electron chi connectivity index (χ0n) is 11.7. The SMILES string of the molecule is COc1cccc(CNCC2(SC)CCCC2)c1O. The highest BCUT2D eigenvalue weighted by Crippen LogP contribution is 2.39. The Hall–Kier alpha value is -0.870. The minimum absolute atomic E-state index is 0.252. The van der Waals surface area contributed by atoms with Gasteiger partial charge in [0.05, 0.1) is 7.11 Å². The van der Waals surface area contributed by atoms with Crippen molar-refractivity contribution in [3.8, 4) is 11.5 Å². The summed E-state index contributed by atoms with van der Waals surface area (Å²) in [6.45, 7) is 1.69. The van der Waals surface area contributed by atoms with Gasteiger partial charge < -0.3 is 15.2 Å². The van der Waals surface area contributed by atoms with Crippen molar-refractivity contribution in [1.29, 1.82) is 0 Å². The topological polar surface area (TPSA) is 41.5 Å². The summed E-state index contributed by atoms with van der Waals surface area (Å²) in [6, 6.07) is 5.62. The van der Waals surface area contributed by atoms with Crippen LogP contribution in [0.5, 0.6) is 11.5 Å². The molecule has 2 N–H and O–H groups in total. The van der Waals surface area contributed by atoms with Crippen LogP contribution in [0, 0.1) is 0 Å². The first kappa shape index (κ1) is 14.5. The van der Waals surface area contributed by atoms with Crippen molar-refractivity contribution < 1.29 is 9.84 Å². The lowest BCUT2D eigenvalue weighted by molar-refractivity contribution is 0.369. The summed E-state index contributed by atoms with van der Waals surface area (Å²) in [5.74, 6) is 0.793. The van der Waals surface area contributed by atoms with Crippen LogP contribution in [0.2, 0.25) is 0 Å². The number of rotatable bonds is 6. The van der Waals surface area contributed by atoms with Gasteiger partial charge in [0.1, 0.15) is 0 Å². The standard InChI is InChI=1S/C15H23NO2S/c1-18-13-7-5-6-12(14(13)17)10-16-11-15(19-2)8-3-4-9-15/h5-7,16-17H,3-4,8-11H2,1-2H3. The minimum atomic E-state index is 0.252. The van der Waals surface area contributed by atoms with Gasteiger partial charge in [-0.15, -0.1) is 0 Å². The van der Waals surface area contributed by atoms with E-state index in [0.717, 1.165) is 12.1 Å². The molecule has 0 radical (unpaired) electrons. The zero-order chi connectivity index (χ0) is 13.7. The molecule has 0 bridgehead atoms. The molecule has 1 fully saturated rings. The summed E-state index contributed by atoms with van der Waals surface area (Å²) in [5.41, 5.74) is 0.897. The predicted molar refractivity (Wildman–Crippen MR) is 81.1 cm³/mol. The molecule has 1 aromatic carbocycles. The summed E-state index contributed by atoms with van der Waals surface area (Å²) in [5, 5.41) is 13.5. The highest BCUT2D eigenvalue weighted by molar-refractivity contribution is 8.00. The largest absolute Gasteiger partial charge is 0.504 e. The van der Waals surface area contributed by atoms with Gasteiger partial charge in [0.15, 0.2) is 11.5 Å². The van der Waals surface area contributed by atoms with E-state index in [1.54, 1.807) is 13.2 Å². The maximum atomic E-state index is 10.0. The maximum absolute atomic E-state index is 10.0. The molecule has 0 amide bonds. The van der Waals surface area contributed by atoms with Gasteiger partial charge in [-0.1, -0.05) is 25.0 Å². The first-order valence-electron chi connectivity index (χ1n) is 6.81. The van der Waals surface area contributed by atoms with E-state index in [1.165, 1.54) is 25.7 Å². The third-order valence-electron chi connectivity index (χ3n) is 4.01. The number of para-hydroxylation sites is 1. The van der Waals surface area contributed by atoms with E-state index in [0.29, 0.717) is 17.0 Å². The third-order valence-corrected chi connectivity index (χ3v) is 5.43. The molecule has 106 valence electrons. The fraction of sp³-hybridized carbons (Fsp3) is 0.600. The van der Waals surface area contributed by atoms with Crippen LogP contribution in [0.3, 0.4) is 0 Å². The molecule has 0 saturated heterocycles. The van der Waals surface area contributed by atoms with Crippen molar-refractivity contribution in [2.75, 3.05) is 19.9 Å². The lowest BCUT2D eigenvalue weighted by Gasteiger charge is -2.27. The van der Waals surface area contributed by atoms with Gasteiger partial charge in [-0.25, -0.2) is 0 Å². The zero-order valence-corrected chi connectivity index (χ0v) is 12.6. The Morgan fingerprint density at radius 3 is 2.74 bits per heavy atom. The Morgan fingerprint density at radius 2 is 2.11 bits per heavy atom. The van der Waals surface area contributed by atoms with E-state index in [4.69, 9.17) is 4.74 Å². The van der Waals surface area contributed by atoms with Crippen molar-refractivity contribution in [2.45, 2.75) is 37.0 Å². The molecular formula is C15H23NO2S. The monoisotopic (exact) mass is 281 g/mol. The maximum Gasteiger partial charge on any atom is 0.162 e. The van der Waals surface area contributed by atoms with Crippen LogP contribution in [-0.2, 0) is 6.54 Å². The van der Waals surface area contributed by atoms with Crippen LogP contribution in [0.4, 0.5) is 0 Å². The van der Waals surface area contributed by atoms with Crippen LogP contribution in [0.25, 0.3) is 0 Å². The Labute approximate surface area is 119 Å². The van der Waals surface area contributed by atoms with Gasteiger partial charge in [-0.05, 0) is 25.2 Å². The quantitative estimate of drug-likeness (QED) is 0.840. The normalized spacial score (nSPS) is 17.6. The predicted octanol–water partition coefficient (Wildman–Crippen LogP) is 3.17. The molecular weight excluding hydrogens is 258 g/mol. The first-order chi connectivity index (χ1) is 9.21. The molecule has 0 atom stereocenters. The Balaban J connectivity index is 1.92. The molecule has 0 heterocycles. The number of thioether (sulfide) groups is 1. The van der Waals surface area contributed by atoms with Gasteiger partial charge in [-0.3, -0.25) is 0 Å². The number of ether oxygens (including phenoxy) is 1. The fourth-order valence-corrected chi connectivity index (χ4v) is 3.72. The molecule has 1 saturated carbocycles. The molecule has 3 nitrogen and oxygen atoms in total. The molecule has 1 aliphatic carbocycles. The molecule has 0 unspecified atom stereocenters. The van der Waals surface area contributed by atoms with Crippen molar-refractivity contribution in [2.24, 2.45) is 0 Å². The van der Waals surface area contributed by atoms with Crippen LogP contribution < -0.4 is 10.1 Å². The van der Waals surface area contributed by atoms with Crippen molar-refractivity contribution in [3.05, 3.63) is 23.8 Å². The fourth-order valence-electron chi connectivity index (χ4n) is 2.77. The van der Waals surface area contributed by atoms with Gasteiger partial charge in [0.2, 0.25) is 0 Å². The second kappa shape index (κ2) is 6.53. The number of phenols is 1. The Kier molecular flexibility index (Phi) is 4.99. The van der Waals surface area contributed by atoms with E-state index < -0.39 is 0 Å². The van der Waals surface area contributed by atoms with Crippen molar-refractivity contribution in [1.82, 2.24) is 5.32 Å². The molecule has 19 heavy (non-hydrogen) atoms. The molecule has 2 rings (SSSR count). The van der Waals surface area contributed by atoms with E-state index >= 15 is 0 Å². The minimum Gasteiger partial charge on any atom is -0.504 e. The van der Waals surface area contributed by atoms with Crippen LogP contribution in [-0.4, -0.2) is 29.8 Å². The van der Waals surface area contributed by atoms with Crippen LogP contribution >= 0.6 is 11.8 Å². The Bertz CT molecular complexity index is 417. The number of aromatic hydroxyl groups is 1. The second-order valence-electron chi connectivity index (χ2n) is 5.17. The van der Waals surface area contributed by atoms with Crippen molar-refractivity contribution >= 4 is 11.8 Å². The number of benzene rings is 1. The highest BCUT2D eigenvalue weighted by Gasteiger charge is 2.32. The molecule has 4 heteroatoms. The number of hydrogen-bond donors (Lipinski definition) is 2. The number of phenolic OH excluding ortho intramolecular Hbond substituents is 1. The number of nitrogens with one attached hydrogen (secondary N) is 1. The third kappa shape index (κ3) is 3.37. The number of methoxy groups -OCH3 is 1. The second-order valence-corrected chi connectivity index (χ2v) is 6.44. The summed E-state index contributed by atoms with van der Waals surface area (Å²) >= 11 is 1.98. The summed E-state index contributed by atoms with van der Waals surface area (Å²) in [6.07, 6.45) is 7.48. The molecule has 0 spiro atoms. The van der Waals surface area contributed by atoms with Crippen LogP contribution in [0.15, 0.2) is 18.2 Å². The average Bonchev–Trinajstić information content (AvgIpc) is 2.90. The number of hydrogen-bond acceptors (Lipinski definition) is 4. The van der Waals surface area contributed by atoms with Gasteiger partial charge in [0.25, 0.3) is 0 Å². The van der Waals surface area contributed by atoms with Gasteiger partial charge >= 0.3 is 0 Å². The molecule has 0 aromatic heterocycles. The van der Waals surface area contributed by atoms with E-state index in [1.807, 2.05) is 23.9 Å². The Morgan fingerprint density at radius 1 is 1.37 bits per heavy atom. The lowest BCUT2D eigenvalue weighted by Crippen LogP contribution is -2.34. The van der Waals surface area contributed by atoms with E-state index in [-0.39, 0.29) is 5.75 Å². The smallest absolute Gasteiger partial charge is 0.162 e.